The summed E-state index contributed by atoms with van der Waals surface area (Å²) in [6.07, 6.45) is 4.81. The zero-order valence-electron chi connectivity index (χ0n) is 14.3. The van der Waals surface area contributed by atoms with Crippen LogP contribution in [0.4, 0.5) is 5.69 Å². The van der Waals surface area contributed by atoms with Crippen molar-refractivity contribution in [1.82, 2.24) is 15.2 Å². The fourth-order valence-electron chi connectivity index (χ4n) is 3.23. The minimum atomic E-state index is -0.247. The maximum Gasteiger partial charge on any atom is 0.259 e. The van der Waals surface area contributed by atoms with Crippen LogP contribution in [0.25, 0.3) is 11.3 Å². The number of nitrogens with one attached hydrogen (secondary N) is 1. The van der Waals surface area contributed by atoms with Crippen molar-refractivity contribution in [2.75, 3.05) is 13.1 Å². The van der Waals surface area contributed by atoms with Crippen molar-refractivity contribution < 1.29 is 9.21 Å². The number of amidine groups is 1. The second-order valence-corrected chi connectivity index (χ2v) is 6.20. The molecule has 0 fully saturated rings. The minimum absolute atomic E-state index is 0.247. The average molecular weight is 357 g/mol. The quantitative estimate of drug-likeness (QED) is 0.764. The molecule has 0 spiro atoms. The molecule has 27 heavy (non-hydrogen) atoms. The molecule has 1 amide bonds. The summed E-state index contributed by atoms with van der Waals surface area (Å²) in [6, 6.07) is 13.1. The molecule has 0 unspecified atom stereocenters. The lowest BCUT2D eigenvalue weighted by Gasteiger charge is -2.27. The van der Waals surface area contributed by atoms with Gasteiger partial charge in [-0.25, -0.2) is 4.99 Å². The summed E-state index contributed by atoms with van der Waals surface area (Å²) in [5, 5.41) is 2.89. The van der Waals surface area contributed by atoms with E-state index in [1.54, 1.807) is 24.6 Å². The van der Waals surface area contributed by atoms with Gasteiger partial charge in [0.1, 0.15) is 11.6 Å². The molecule has 7 heteroatoms. The largest absolute Gasteiger partial charge is 0.464 e. The Morgan fingerprint density at radius 3 is 2.96 bits per heavy atom. The number of hydrogen-bond donors (Lipinski definition) is 1. The fourth-order valence-corrected chi connectivity index (χ4v) is 3.23. The molecule has 0 bridgehead atoms. The number of nitrogens with zero attached hydrogens (tertiary/aromatic N) is 4. The van der Waals surface area contributed by atoms with Gasteiger partial charge in [-0.3, -0.25) is 25.0 Å². The number of furan rings is 1. The molecule has 5 rings (SSSR count). The third-order valence-corrected chi connectivity index (χ3v) is 4.52. The Bertz CT molecular complexity index is 1070. The number of fused-ring (bicyclic) bond motifs is 3. The van der Waals surface area contributed by atoms with Gasteiger partial charge in [0.15, 0.2) is 0 Å². The number of benzene rings is 1. The summed E-state index contributed by atoms with van der Waals surface area (Å²) in [4.78, 5) is 27.7. The molecular formula is C20H15N5O2. The number of guanidine groups is 1. The van der Waals surface area contributed by atoms with Gasteiger partial charge >= 0.3 is 0 Å². The van der Waals surface area contributed by atoms with E-state index < -0.39 is 0 Å². The Kier molecular flexibility index (Phi) is 3.57. The molecular weight excluding hydrogens is 342 g/mol. The van der Waals surface area contributed by atoms with Crippen molar-refractivity contribution in [2.24, 2.45) is 9.98 Å². The van der Waals surface area contributed by atoms with Gasteiger partial charge in [0, 0.05) is 30.1 Å². The number of carbonyl (C=O) groups excluding carboxylic acids is 1. The summed E-state index contributed by atoms with van der Waals surface area (Å²) in [5.41, 5.74) is 3.15. The molecule has 7 nitrogen and oxygen atoms in total. The monoisotopic (exact) mass is 357 g/mol. The van der Waals surface area contributed by atoms with Crippen LogP contribution in [0.15, 0.2) is 75.5 Å². The van der Waals surface area contributed by atoms with Gasteiger partial charge in [-0.1, -0.05) is 0 Å². The number of rotatable bonds is 2. The smallest absolute Gasteiger partial charge is 0.259 e. The van der Waals surface area contributed by atoms with E-state index in [-0.39, 0.29) is 5.91 Å². The fraction of sp³-hybridized carbons (Fsp3) is 0.100. The van der Waals surface area contributed by atoms with Gasteiger partial charge in [-0.15, -0.1) is 0 Å². The molecule has 0 saturated carbocycles. The van der Waals surface area contributed by atoms with Crippen molar-refractivity contribution in [3.63, 3.8) is 0 Å². The molecule has 1 N–H and O–H groups in total. The van der Waals surface area contributed by atoms with Crippen LogP contribution in [0.3, 0.4) is 0 Å². The Morgan fingerprint density at radius 1 is 1.19 bits per heavy atom. The first kappa shape index (κ1) is 15.5. The predicted octanol–water partition coefficient (Wildman–Crippen LogP) is 2.83. The highest BCUT2D eigenvalue weighted by molar-refractivity contribution is 6.19. The Labute approximate surface area is 155 Å². The summed E-state index contributed by atoms with van der Waals surface area (Å²) in [5.74, 6) is 1.85. The lowest BCUT2D eigenvalue weighted by molar-refractivity contribution is 0.0973. The lowest BCUT2D eigenvalue weighted by Crippen LogP contribution is -2.47. The molecule has 2 aromatic heterocycles. The topological polar surface area (TPSA) is 83.1 Å². The van der Waals surface area contributed by atoms with Crippen LogP contribution in [0.1, 0.15) is 15.9 Å². The zero-order chi connectivity index (χ0) is 18.2. The third kappa shape index (κ3) is 2.69. The molecule has 132 valence electrons. The number of pyridine rings is 1. The molecule has 0 atom stereocenters. The average Bonchev–Trinajstić information content (AvgIpc) is 3.41. The van der Waals surface area contributed by atoms with Crippen LogP contribution in [-0.2, 0) is 0 Å². The highest BCUT2D eigenvalue weighted by Gasteiger charge is 2.31. The number of aromatic nitrogens is 1. The number of aliphatic imine (C=N–C) groups is 2. The van der Waals surface area contributed by atoms with Gasteiger partial charge in [0.25, 0.3) is 5.91 Å². The zero-order valence-corrected chi connectivity index (χ0v) is 14.3. The predicted molar refractivity (Wildman–Crippen MR) is 101 cm³/mol. The molecule has 1 aromatic carbocycles. The Balaban J connectivity index is 1.52. The summed E-state index contributed by atoms with van der Waals surface area (Å²) in [6.45, 7) is 1.33. The van der Waals surface area contributed by atoms with Gasteiger partial charge in [0.2, 0.25) is 5.96 Å². The molecule has 2 aliphatic rings. The maximum absolute atomic E-state index is 12.5. The van der Waals surface area contributed by atoms with E-state index in [4.69, 9.17) is 4.42 Å². The summed E-state index contributed by atoms with van der Waals surface area (Å²) < 4.78 is 5.49. The van der Waals surface area contributed by atoms with Crippen LogP contribution in [-0.4, -0.2) is 40.7 Å². The maximum atomic E-state index is 12.5. The van der Waals surface area contributed by atoms with E-state index >= 15 is 0 Å². The van der Waals surface area contributed by atoms with Gasteiger partial charge in [0.05, 0.1) is 24.1 Å². The second kappa shape index (κ2) is 6.21. The molecule has 0 radical (unpaired) electrons. The Hall–Kier alpha value is -3.74. The van der Waals surface area contributed by atoms with E-state index in [2.05, 4.69) is 20.3 Å². The summed E-state index contributed by atoms with van der Waals surface area (Å²) >= 11 is 0. The summed E-state index contributed by atoms with van der Waals surface area (Å²) in [7, 11) is 0. The van der Waals surface area contributed by atoms with Crippen LogP contribution in [0.5, 0.6) is 0 Å². The van der Waals surface area contributed by atoms with Crippen molar-refractivity contribution in [2.45, 2.75) is 0 Å². The van der Waals surface area contributed by atoms with Gasteiger partial charge in [-0.05, 0) is 42.5 Å². The van der Waals surface area contributed by atoms with Crippen LogP contribution < -0.4 is 5.32 Å². The molecule has 0 aliphatic carbocycles. The van der Waals surface area contributed by atoms with Crippen LogP contribution in [0, 0.1) is 0 Å². The standard InChI is InChI=1S/C20H15N5O2/c26-19(14-3-1-7-21-12-14)24-20-23-16-6-5-13(17-4-2-10-27-17)11-15(16)18-22-8-9-25(18)20/h1-7,10-12H,8-9H2,(H,23,24,26). The van der Waals surface area contributed by atoms with E-state index in [1.165, 1.54) is 6.20 Å². The number of amides is 1. The third-order valence-electron chi connectivity index (χ3n) is 4.52. The van der Waals surface area contributed by atoms with Gasteiger partial charge in [-0.2, -0.15) is 0 Å². The molecule has 0 saturated heterocycles. The highest BCUT2D eigenvalue weighted by Crippen LogP contribution is 2.32. The molecule has 3 aromatic rings. The molecule has 4 heterocycles. The Morgan fingerprint density at radius 2 is 2.15 bits per heavy atom. The van der Waals surface area contributed by atoms with Crippen molar-refractivity contribution in [1.29, 1.82) is 0 Å². The first-order chi connectivity index (χ1) is 13.3. The van der Waals surface area contributed by atoms with Crippen molar-refractivity contribution in [3.05, 3.63) is 72.2 Å². The van der Waals surface area contributed by atoms with E-state index in [9.17, 15) is 4.79 Å². The van der Waals surface area contributed by atoms with E-state index in [0.717, 1.165) is 28.4 Å². The second-order valence-electron chi connectivity index (χ2n) is 6.20. The van der Waals surface area contributed by atoms with Gasteiger partial charge < -0.3 is 4.42 Å². The normalized spacial score (nSPS) is 14.9. The van der Waals surface area contributed by atoms with Crippen LogP contribution >= 0.6 is 0 Å². The first-order valence-electron chi connectivity index (χ1n) is 8.60. The lowest BCUT2D eigenvalue weighted by atomic mass is 10.0. The van der Waals surface area contributed by atoms with E-state index in [0.29, 0.717) is 24.6 Å². The van der Waals surface area contributed by atoms with Crippen molar-refractivity contribution >= 4 is 23.4 Å². The number of hydrogen-bond acceptors (Lipinski definition) is 6. The minimum Gasteiger partial charge on any atom is -0.464 e. The van der Waals surface area contributed by atoms with Crippen molar-refractivity contribution in [3.8, 4) is 11.3 Å². The first-order valence-corrected chi connectivity index (χ1v) is 8.60. The van der Waals surface area contributed by atoms with Crippen LogP contribution in [0.2, 0.25) is 0 Å². The SMILES string of the molecule is O=C(NC1=Nc2ccc(-c3ccco3)cc2C2=NCCN12)c1cccnc1. The highest BCUT2D eigenvalue weighted by atomic mass is 16.3. The molecule has 2 aliphatic heterocycles. The number of carbonyl (C=O) groups is 1. The van der Waals surface area contributed by atoms with E-state index in [1.807, 2.05) is 35.2 Å².